The number of carbonyl (C=O) groups excluding carboxylic acids is 1. The van der Waals surface area contributed by atoms with Crippen LogP contribution in [-0.4, -0.2) is 46.0 Å². The molecule has 0 aliphatic rings. The number of rotatable bonds is 11. The highest BCUT2D eigenvalue weighted by atomic mass is 19.1. The number of carbonyl (C=O) groups is 1. The van der Waals surface area contributed by atoms with E-state index >= 15 is 0 Å². The number of aliphatic imine (C=N–C) groups is 1. The number of amides is 1. The van der Waals surface area contributed by atoms with Crippen molar-refractivity contribution in [2.24, 2.45) is 4.99 Å². The normalized spacial score (nSPS) is 10.8. The second-order valence-electron chi connectivity index (χ2n) is 6.29. The molecule has 8 heteroatoms. The van der Waals surface area contributed by atoms with Gasteiger partial charge in [0.05, 0.1) is 24.4 Å². The van der Waals surface area contributed by atoms with Crippen molar-refractivity contribution in [2.75, 3.05) is 44.5 Å². The molecule has 0 atom stereocenters. The van der Waals surface area contributed by atoms with Gasteiger partial charge in [-0.05, 0) is 38.2 Å². The van der Waals surface area contributed by atoms with Gasteiger partial charge < -0.3 is 25.4 Å². The van der Waals surface area contributed by atoms with Gasteiger partial charge >= 0.3 is 0 Å². The van der Waals surface area contributed by atoms with Gasteiger partial charge in [0.15, 0.2) is 0 Å². The molecule has 0 saturated heterocycles. The third-order valence-electron chi connectivity index (χ3n) is 3.97. The van der Waals surface area contributed by atoms with Crippen molar-refractivity contribution in [3.05, 3.63) is 54.4 Å². The minimum Gasteiger partial charge on any atom is -0.491 e. The Hall–Kier alpha value is -3.23. The molecule has 0 fully saturated rings. The number of anilines is 2. The molecule has 160 valence electrons. The van der Waals surface area contributed by atoms with E-state index in [0.29, 0.717) is 41.7 Å². The average molecular weight is 414 g/mol. The lowest BCUT2D eigenvalue weighted by atomic mass is 10.1. The monoisotopic (exact) mass is 414 g/mol. The van der Waals surface area contributed by atoms with Gasteiger partial charge in [0.2, 0.25) is 5.91 Å². The number of benzene rings is 2. The van der Waals surface area contributed by atoms with Crippen molar-refractivity contribution >= 4 is 34.9 Å². The molecule has 2 rings (SSSR count). The number of hydrogen-bond acceptors (Lipinski definition) is 6. The topological polar surface area (TPSA) is 84.0 Å². The third kappa shape index (κ3) is 6.68. The van der Waals surface area contributed by atoms with Gasteiger partial charge in [-0.1, -0.05) is 6.58 Å². The molecule has 2 aromatic carbocycles. The SMILES string of the molecule is C=C(Nc1ccc(NC(=O)CNC)cc1)c1c(F)cc(OCCOC)cc1N=CC. The van der Waals surface area contributed by atoms with Crippen LogP contribution < -0.4 is 20.7 Å². The maximum Gasteiger partial charge on any atom is 0.238 e. The van der Waals surface area contributed by atoms with Crippen LogP contribution in [0.2, 0.25) is 0 Å². The molecule has 1 amide bonds. The van der Waals surface area contributed by atoms with E-state index in [-0.39, 0.29) is 18.0 Å². The number of methoxy groups -OCH3 is 1. The fourth-order valence-corrected chi connectivity index (χ4v) is 2.67. The van der Waals surface area contributed by atoms with Crippen LogP contribution in [0.25, 0.3) is 5.70 Å². The van der Waals surface area contributed by atoms with Crippen LogP contribution in [-0.2, 0) is 9.53 Å². The highest BCUT2D eigenvalue weighted by Crippen LogP contribution is 2.33. The molecule has 0 unspecified atom stereocenters. The predicted molar refractivity (Wildman–Crippen MR) is 119 cm³/mol. The lowest BCUT2D eigenvalue weighted by molar-refractivity contribution is -0.115. The van der Waals surface area contributed by atoms with E-state index in [1.807, 2.05) is 0 Å². The summed E-state index contributed by atoms with van der Waals surface area (Å²) in [5.74, 6) is -0.276. The number of hydrogen-bond donors (Lipinski definition) is 3. The van der Waals surface area contributed by atoms with E-state index in [1.165, 1.54) is 6.07 Å². The van der Waals surface area contributed by atoms with Crippen LogP contribution >= 0.6 is 0 Å². The van der Waals surface area contributed by atoms with Crippen LogP contribution in [0.15, 0.2) is 48.0 Å². The number of nitrogens with one attached hydrogen (secondary N) is 3. The number of ether oxygens (including phenoxy) is 2. The minimum atomic E-state index is -0.501. The van der Waals surface area contributed by atoms with E-state index in [4.69, 9.17) is 9.47 Å². The van der Waals surface area contributed by atoms with E-state index in [1.54, 1.807) is 57.6 Å². The van der Waals surface area contributed by atoms with Crippen molar-refractivity contribution in [3.63, 3.8) is 0 Å². The second-order valence-corrected chi connectivity index (χ2v) is 6.29. The number of halogens is 1. The van der Waals surface area contributed by atoms with Crippen LogP contribution in [0, 0.1) is 5.82 Å². The number of nitrogens with zero attached hydrogens (tertiary/aromatic N) is 1. The standard InChI is InChI=1S/C22H27FN4O3/c1-5-25-20-13-18(30-11-10-29-4)12-19(23)22(20)15(2)26-16-6-8-17(9-7-16)27-21(28)14-24-3/h5-9,12-13,24,26H,2,10-11,14H2,1,3-4H3,(H,27,28). The first kappa shape index (κ1) is 23.1. The lowest BCUT2D eigenvalue weighted by Gasteiger charge is -2.15. The Balaban J connectivity index is 2.16. The Labute approximate surface area is 176 Å². The van der Waals surface area contributed by atoms with Gasteiger partial charge in [0, 0.05) is 42.5 Å². The summed E-state index contributed by atoms with van der Waals surface area (Å²) in [5, 5.41) is 8.63. The van der Waals surface area contributed by atoms with Crippen molar-refractivity contribution in [1.29, 1.82) is 0 Å². The van der Waals surface area contributed by atoms with Crippen molar-refractivity contribution in [2.45, 2.75) is 6.92 Å². The molecule has 3 N–H and O–H groups in total. The zero-order valence-corrected chi connectivity index (χ0v) is 17.4. The zero-order valence-electron chi connectivity index (χ0n) is 17.4. The summed E-state index contributed by atoms with van der Waals surface area (Å²) in [5.41, 5.74) is 2.35. The van der Waals surface area contributed by atoms with Crippen LogP contribution in [0.3, 0.4) is 0 Å². The quantitative estimate of drug-likeness (QED) is 0.385. The molecule has 0 aromatic heterocycles. The molecule has 7 nitrogen and oxygen atoms in total. The van der Waals surface area contributed by atoms with Gasteiger partial charge in [0.25, 0.3) is 0 Å². The van der Waals surface area contributed by atoms with Gasteiger partial charge in [0.1, 0.15) is 18.2 Å². The lowest BCUT2D eigenvalue weighted by Crippen LogP contribution is -2.24. The molecule has 0 bridgehead atoms. The molecule has 0 heterocycles. The highest BCUT2D eigenvalue weighted by Gasteiger charge is 2.15. The molecule has 2 aromatic rings. The third-order valence-corrected chi connectivity index (χ3v) is 3.97. The average Bonchev–Trinajstić information content (AvgIpc) is 2.70. The molecule has 0 saturated carbocycles. The second kappa shape index (κ2) is 11.7. The molecular formula is C22H27FN4O3. The van der Waals surface area contributed by atoms with Gasteiger partial charge in [-0.2, -0.15) is 0 Å². The Morgan fingerprint density at radius 2 is 1.83 bits per heavy atom. The maximum atomic E-state index is 14.8. The Morgan fingerprint density at radius 1 is 1.17 bits per heavy atom. The first-order chi connectivity index (χ1) is 14.5. The number of likely N-dealkylation sites (N-methyl/N-ethyl adjacent to an activating group) is 1. The zero-order chi connectivity index (χ0) is 21.9. The fraction of sp³-hybridized carbons (Fsp3) is 0.273. The predicted octanol–water partition coefficient (Wildman–Crippen LogP) is 3.81. The minimum absolute atomic E-state index is 0.139. The summed E-state index contributed by atoms with van der Waals surface area (Å²) in [7, 11) is 3.27. The van der Waals surface area contributed by atoms with E-state index in [2.05, 4.69) is 27.5 Å². The Bertz CT molecular complexity index is 898. The summed E-state index contributed by atoms with van der Waals surface area (Å²) in [4.78, 5) is 15.9. The molecule has 0 aliphatic carbocycles. The summed E-state index contributed by atoms with van der Waals surface area (Å²) < 4.78 is 25.3. The largest absolute Gasteiger partial charge is 0.491 e. The van der Waals surface area contributed by atoms with Crippen LogP contribution in [0.4, 0.5) is 21.5 Å². The fourth-order valence-electron chi connectivity index (χ4n) is 2.67. The maximum absolute atomic E-state index is 14.8. The van der Waals surface area contributed by atoms with E-state index in [9.17, 15) is 9.18 Å². The molecule has 0 radical (unpaired) electrons. The smallest absolute Gasteiger partial charge is 0.238 e. The van der Waals surface area contributed by atoms with E-state index < -0.39 is 5.82 Å². The molecular weight excluding hydrogens is 387 g/mol. The summed E-state index contributed by atoms with van der Waals surface area (Å²) in [6.07, 6.45) is 1.58. The van der Waals surface area contributed by atoms with Gasteiger partial charge in [-0.3, -0.25) is 9.79 Å². The Morgan fingerprint density at radius 3 is 2.43 bits per heavy atom. The summed E-state index contributed by atoms with van der Waals surface area (Å²) >= 11 is 0. The van der Waals surface area contributed by atoms with E-state index in [0.717, 1.165) is 0 Å². The van der Waals surface area contributed by atoms with Crippen LogP contribution in [0.5, 0.6) is 5.75 Å². The van der Waals surface area contributed by atoms with Crippen molar-refractivity contribution in [1.82, 2.24) is 5.32 Å². The molecule has 0 spiro atoms. The van der Waals surface area contributed by atoms with Crippen molar-refractivity contribution in [3.8, 4) is 5.75 Å². The first-order valence-corrected chi connectivity index (χ1v) is 9.43. The van der Waals surface area contributed by atoms with Gasteiger partial charge in [-0.25, -0.2) is 4.39 Å². The molecule has 0 aliphatic heterocycles. The summed E-state index contributed by atoms with van der Waals surface area (Å²) in [6, 6.07) is 9.98. The Kier molecular flexibility index (Phi) is 8.99. The first-order valence-electron chi connectivity index (χ1n) is 9.43. The van der Waals surface area contributed by atoms with Crippen molar-refractivity contribution < 1.29 is 18.7 Å². The summed E-state index contributed by atoms with van der Waals surface area (Å²) in [6.45, 7) is 6.64. The highest BCUT2D eigenvalue weighted by molar-refractivity contribution is 5.92. The van der Waals surface area contributed by atoms with Gasteiger partial charge in [-0.15, -0.1) is 0 Å². The van der Waals surface area contributed by atoms with Crippen LogP contribution in [0.1, 0.15) is 12.5 Å². The molecule has 30 heavy (non-hydrogen) atoms.